The summed E-state index contributed by atoms with van der Waals surface area (Å²) in [4.78, 5) is 11.0. The monoisotopic (exact) mass is 295 g/mol. The largest absolute Gasteiger partial charge is 0.370 e. The molecule has 1 atom stereocenters. The summed E-state index contributed by atoms with van der Waals surface area (Å²) in [5.41, 5.74) is 2.05. The van der Waals surface area contributed by atoms with Gasteiger partial charge in [-0.1, -0.05) is 30.3 Å². The maximum Gasteiger partial charge on any atom is 0.163 e. The van der Waals surface area contributed by atoms with E-state index in [1.807, 2.05) is 31.4 Å². The first-order chi connectivity index (χ1) is 10.8. The molecule has 1 aliphatic heterocycles. The van der Waals surface area contributed by atoms with E-state index in [9.17, 15) is 0 Å². The molecule has 1 saturated heterocycles. The molecular formula is C16H17N5O. The highest BCUT2D eigenvalue weighted by molar-refractivity contribution is 5.86. The molecule has 0 N–H and O–H groups in total. The van der Waals surface area contributed by atoms with Crippen molar-refractivity contribution >= 4 is 16.9 Å². The number of benzene rings is 1. The number of anilines is 1. The molecule has 0 radical (unpaired) electrons. The van der Waals surface area contributed by atoms with Gasteiger partial charge in [0.25, 0.3) is 0 Å². The van der Waals surface area contributed by atoms with Gasteiger partial charge in [0.1, 0.15) is 18.2 Å². The quantitative estimate of drug-likeness (QED) is 0.723. The second-order valence-electron chi connectivity index (χ2n) is 5.42. The van der Waals surface area contributed by atoms with E-state index in [2.05, 4.69) is 32.1 Å². The van der Waals surface area contributed by atoms with E-state index in [0.717, 1.165) is 29.9 Å². The van der Waals surface area contributed by atoms with Crippen LogP contribution >= 0.6 is 0 Å². The van der Waals surface area contributed by atoms with Crippen molar-refractivity contribution in [1.82, 2.24) is 19.7 Å². The lowest BCUT2D eigenvalue weighted by molar-refractivity contribution is 0.0396. The molecule has 0 amide bonds. The Hall–Kier alpha value is -2.47. The summed E-state index contributed by atoms with van der Waals surface area (Å²) in [6, 6.07) is 10.3. The van der Waals surface area contributed by atoms with Crippen molar-refractivity contribution in [2.45, 2.75) is 6.10 Å². The zero-order valence-corrected chi connectivity index (χ0v) is 12.4. The van der Waals surface area contributed by atoms with E-state index >= 15 is 0 Å². The van der Waals surface area contributed by atoms with E-state index in [1.54, 1.807) is 11.0 Å². The molecule has 4 rings (SSSR count). The van der Waals surface area contributed by atoms with Crippen molar-refractivity contribution in [3.8, 4) is 0 Å². The van der Waals surface area contributed by atoms with Gasteiger partial charge in [-0.05, 0) is 5.56 Å². The highest BCUT2D eigenvalue weighted by Crippen LogP contribution is 2.28. The summed E-state index contributed by atoms with van der Waals surface area (Å²) in [5, 5.41) is 5.27. The Morgan fingerprint density at radius 1 is 1.18 bits per heavy atom. The summed E-state index contributed by atoms with van der Waals surface area (Å²) < 4.78 is 7.70. The minimum Gasteiger partial charge on any atom is -0.370 e. The van der Waals surface area contributed by atoms with Crippen LogP contribution in [0.2, 0.25) is 0 Å². The molecule has 3 aromatic rings. The fourth-order valence-corrected chi connectivity index (χ4v) is 2.91. The van der Waals surface area contributed by atoms with Gasteiger partial charge in [0.15, 0.2) is 5.65 Å². The van der Waals surface area contributed by atoms with Crippen LogP contribution in [0.5, 0.6) is 0 Å². The number of hydrogen-bond acceptors (Lipinski definition) is 5. The number of morpholine rings is 1. The van der Waals surface area contributed by atoms with Crippen LogP contribution in [-0.4, -0.2) is 39.4 Å². The Balaban J connectivity index is 1.67. The van der Waals surface area contributed by atoms with Gasteiger partial charge in [-0.3, -0.25) is 4.68 Å². The Morgan fingerprint density at radius 2 is 2.05 bits per heavy atom. The predicted octanol–water partition coefficient (Wildman–Crippen LogP) is 1.94. The molecule has 1 aromatic carbocycles. The summed E-state index contributed by atoms with van der Waals surface area (Å²) in [6.07, 6.45) is 3.50. The highest BCUT2D eigenvalue weighted by Gasteiger charge is 2.24. The van der Waals surface area contributed by atoms with E-state index in [0.29, 0.717) is 6.61 Å². The molecule has 6 heteroatoms. The predicted molar refractivity (Wildman–Crippen MR) is 83.7 cm³/mol. The SMILES string of the molecule is Cn1ncc2c(N3CCOC(c4ccccc4)C3)ncnc21. The number of aryl methyl sites for hydroxylation is 1. The summed E-state index contributed by atoms with van der Waals surface area (Å²) in [7, 11) is 1.89. The fourth-order valence-electron chi connectivity index (χ4n) is 2.91. The number of ether oxygens (including phenoxy) is 1. The van der Waals surface area contributed by atoms with Crippen LogP contribution in [0.15, 0.2) is 42.9 Å². The van der Waals surface area contributed by atoms with Gasteiger partial charge in [0.05, 0.1) is 18.2 Å². The lowest BCUT2D eigenvalue weighted by atomic mass is 10.1. The summed E-state index contributed by atoms with van der Waals surface area (Å²) >= 11 is 0. The maximum atomic E-state index is 5.93. The Bertz CT molecular complexity index is 786. The third kappa shape index (κ3) is 2.21. The second kappa shape index (κ2) is 5.38. The Kier molecular flexibility index (Phi) is 3.23. The topological polar surface area (TPSA) is 56.1 Å². The third-order valence-corrected chi connectivity index (χ3v) is 4.05. The molecule has 1 aliphatic rings. The van der Waals surface area contributed by atoms with Gasteiger partial charge in [0.2, 0.25) is 0 Å². The zero-order chi connectivity index (χ0) is 14.9. The van der Waals surface area contributed by atoms with Crippen molar-refractivity contribution in [1.29, 1.82) is 0 Å². The number of hydrogen-bond donors (Lipinski definition) is 0. The van der Waals surface area contributed by atoms with Crippen LogP contribution in [0.3, 0.4) is 0 Å². The van der Waals surface area contributed by atoms with Crippen molar-refractivity contribution in [2.75, 3.05) is 24.6 Å². The number of nitrogens with zero attached hydrogens (tertiary/aromatic N) is 5. The van der Waals surface area contributed by atoms with Crippen molar-refractivity contribution in [3.05, 3.63) is 48.4 Å². The van der Waals surface area contributed by atoms with Gasteiger partial charge in [-0.15, -0.1) is 0 Å². The average Bonchev–Trinajstić information content (AvgIpc) is 2.97. The minimum atomic E-state index is 0.0663. The first-order valence-corrected chi connectivity index (χ1v) is 7.37. The van der Waals surface area contributed by atoms with Crippen LogP contribution in [0.1, 0.15) is 11.7 Å². The zero-order valence-electron chi connectivity index (χ0n) is 12.4. The maximum absolute atomic E-state index is 5.93. The summed E-state index contributed by atoms with van der Waals surface area (Å²) in [5.74, 6) is 0.933. The highest BCUT2D eigenvalue weighted by atomic mass is 16.5. The normalized spacial score (nSPS) is 18.8. The van der Waals surface area contributed by atoms with Crippen molar-refractivity contribution in [2.24, 2.45) is 7.05 Å². The molecule has 112 valence electrons. The van der Waals surface area contributed by atoms with Crippen LogP contribution in [0.4, 0.5) is 5.82 Å². The molecule has 1 unspecified atom stereocenters. The molecule has 22 heavy (non-hydrogen) atoms. The van der Waals surface area contributed by atoms with Crippen LogP contribution in [0.25, 0.3) is 11.0 Å². The van der Waals surface area contributed by atoms with E-state index in [1.165, 1.54) is 5.56 Å². The molecule has 3 heterocycles. The molecule has 0 aliphatic carbocycles. The van der Waals surface area contributed by atoms with Gasteiger partial charge in [-0.2, -0.15) is 5.10 Å². The van der Waals surface area contributed by atoms with E-state index < -0.39 is 0 Å². The lowest BCUT2D eigenvalue weighted by Gasteiger charge is -2.34. The van der Waals surface area contributed by atoms with Gasteiger partial charge in [0, 0.05) is 20.1 Å². The molecular weight excluding hydrogens is 278 g/mol. The van der Waals surface area contributed by atoms with Crippen LogP contribution in [-0.2, 0) is 11.8 Å². The van der Waals surface area contributed by atoms with E-state index in [4.69, 9.17) is 4.74 Å². The Morgan fingerprint density at radius 3 is 2.91 bits per heavy atom. The number of rotatable bonds is 2. The second-order valence-corrected chi connectivity index (χ2v) is 5.42. The third-order valence-electron chi connectivity index (χ3n) is 4.05. The molecule has 6 nitrogen and oxygen atoms in total. The van der Waals surface area contributed by atoms with Gasteiger partial charge >= 0.3 is 0 Å². The van der Waals surface area contributed by atoms with Gasteiger partial charge in [-0.25, -0.2) is 9.97 Å². The molecule has 2 aromatic heterocycles. The lowest BCUT2D eigenvalue weighted by Crippen LogP contribution is -2.39. The average molecular weight is 295 g/mol. The smallest absolute Gasteiger partial charge is 0.163 e. The minimum absolute atomic E-state index is 0.0663. The summed E-state index contributed by atoms with van der Waals surface area (Å²) in [6.45, 7) is 2.29. The Labute approximate surface area is 128 Å². The number of fused-ring (bicyclic) bond motifs is 1. The van der Waals surface area contributed by atoms with Crippen LogP contribution in [0, 0.1) is 0 Å². The van der Waals surface area contributed by atoms with Gasteiger partial charge < -0.3 is 9.64 Å². The first kappa shape index (κ1) is 13.2. The number of aromatic nitrogens is 4. The molecule has 1 fully saturated rings. The first-order valence-electron chi connectivity index (χ1n) is 7.37. The van der Waals surface area contributed by atoms with Crippen molar-refractivity contribution in [3.63, 3.8) is 0 Å². The van der Waals surface area contributed by atoms with E-state index in [-0.39, 0.29) is 6.10 Å². The van der Waals surface area contributed by atoms with Crippen LogP contribution < -0.4 is 4.90 Å². The molecule has 0 bridgehead atoms. The standard InChI is InChI=1S/C16H17N5O/c1-20-15-13(9-19-20)16(18-11-17-15)21-7-8-22-14(10-21)12-5-3-2-4-6-12/h2-6,9,11,14H,7-8,10H2,1H3. The fraction of sp³-hybridized carbons (Fsp3) is 0.312. The molecule has 0 spiro atoms. The van der Waals surface area contributed by atoms with Crippen molar-refractivity contribution < 1.29 is 4.74 Å². The molecule has 0 saturated carbocycles.